The summed E-state index contributed by atoms with van der Waals surface area (Å²) in [6.45, 7) is 1.24. The zero-order valence-corrected chi connectivity index (χ0v) is 16.1. The third kappa shape index (κ3) is 2.60. The van der Waals surface area contributed by atoms with Crippen molar-refractivity contribution in [2.24, 2.45) is 5.92 Å². The minimum atomic E-state index is -0.282. The number of aromatic amines is 1. The molecular weight excluding hydrogens is 364 g/mol. The predicted molar refractivity (Wildman–Crippen MR) is 109 cm³/mol. The van der Waals surface area contributed by atoms with Crippen molar-refractivity contribution < 1.29 is 14.3 Å². The minimum absolute atomic E-state index is 0.0769. The van der Waals surface area contributed by atoms with Gasteiger partial charge in [-0.3, -0.25) is 9.59 Å². The summed E-state index contributed by atoms with van der Waals surface area (Å²) < 4.78 is 6.01. The molecule has 4 aliphatic rings. The van der Waals surface area contributed by atoms with E-state index in [4.69, 9.17) is 4.74 Å². The van der Waals surface area contributed by atoms with Gasteiger partial charge in [-0.15, -0.1) is 0 Å². The molecule has 3 aromatic rings. The molecular formula is C24H22N2O3. The Morgan fingerprint density at radius 1 is 1.10 bits per heavy atom. The number of hydrogen-bond acceptors (Lipinski definition) is 3. The van der Waals surface area contributed by atoms with Crippen LogP contribution in [0.25, 0.3) is 10.9 Å². The fourth-order valence-electron chi connectivity index (χ4n) is 5.49. The van der Waals surface area contributed by atoms with Gasteiger partial charge in [0, 0.05) is 35.5 Å². The Balaban J connectivity index is 1.39. The smallest absolute Gasteiger partial charge is 0.227 e. The lowest BCUT2D eigenvalue weighted by Gasteiger charge is -2.47. The number of fused-ring (bicyclic) bond motifs is 4. The second-order valence-electron chi connectivity index (χ2n) is 8.55. The van der Waals surface area contributed by atoms with Crippen LogP contribution in [0.1, 0.15) is 35.6 Å². The zero-order chi connectivity index (χ0) is 19.5. The average Bonchev–Trinajstić information content (AvgIpc) is 3.06. The summed E-state index contributed by atoms with van der Waals surface area (Å²) in [5.74, 6) is 1.49. The number of amides is 1. The molecule has 146 valence electrons. The van der Waals surface area contributed by atoms with Crippen LogP contribution in [-0.4, -0.2) is 34.2 Å². The summed E-state index contributed by atoms with van der Waals surface area (Å²) in [7, 11) is 0. The molecule has 1 N–H and O–H groups in total. The second-order valence-corrected chi connectivity index (χ2v) is 8.55. The summed E-state index contributed by atoms with van der Waals surface area (Å²) in [6.07, 6.45) is 1.96. The van der Waals surface area contributed by atoms with Gasteiger partial charge in [0.25, 0.3) is 0 Å². The molecule has 0 spiro atoms. The average molecular weight is 386 g/mol. The van der Waals surface area contributed by atoms with Crippen molar-refractivity contribution in [3.8, 4) is 5.75 Å². The number of aromatic nitrogens is 1. The maximum absolute atomic E-state index is 13.0. The van der Waals surface area contributed by atoms with Crippen molar-refractivity contribution in [2.45, 2.75) is 37.8 Å². The molecule has 7 rings (SSSR count). The Morgan fingerprint density at radius 2 is 1.97 bits per heavy atom. The molecule has 5 heteroatoms. The number of piperidine rings is 2. The summed E-state index contributed by atoms with van der Waals surface area (Å²) in [6, 6.07) is 15.8. The van der Waals surface area contributed by atoms with Crippen LogP contribution in [0, 0.1) is 5.92 Å². The van der Waals surface area contributed by atoms with Crippen LogP contribution in [0.5, 0.6) is 5.75 Å². The highest BCUT2D eigenvalue weighted by atomic mass is 16.5. The Hall–Kier alpha value is -3.08. The van der Waals surface area contributed by atoms with Gasteiger partial charge in [0.05, 0.1) is 12.5 Å². The first kappa shape index (κ1) is 16.8. The molecule has 3 aliphatic heterocycles. The number of Topliss-reactive ketones (excluding diaryl/α,β-unsaturated/α-hetero) is 1. The van der Waals surface area contributed by atoms with Crippen LogP contribution in [0.2, 0.25) is 0 Å². The van der Waals surface area contributed by atoms with E-state index in [2.05, 4.69) is 4.98 Å². The molecule has 1 amide bonds. The van der Waals surface area contributed by atoms with Crippen LogP contribution in [0.4, 0.5) is 0 Å². The van der Waals surface area contributed by atoms with Gasteiger partial charge in [-0.2, -0.15) is 0 Å². The number of H-pyrrole nitrogens is 1. The fraction of sp³-hybridized carbons (Fsp3) is 0.333. The Kier molecular flexibility index (Phi) is 3.60. The van der Waals surface area contributed by atoms with Crippen LogP contribution in [0.3, 0.4) is 0 Å². The van der Waals surface area contributed by atoms with Crippen LogP contribution in [-0.2, 0) is 22.6 Å². The lowest BCUT2D eigenvalue weighted by molar-refractivity contribution is -0.148. The van der Waals surface area contributed by atoms with E-state index in [1.165, 1.54) is 0 Å². The quantitative estimate of drug-likeness (QED) is 0.748. The Labute approximate surface area is 168 Å². The van der Waals surface area contributed by atoms with Gasteiger partial charge < -0.3 is 14.6 Å². The molecule has 2 aromatic carbocycles. The molecule has 3 unspecified atom stereocenters. The highest BCUT2D eigenvalue weighted by Gasteiger charge is 2.51. The maximum Gasteiger partial charge on any atom is 0.227 e. The van der Waals surface area contributed by atoms with Gasteiger partial charge in [-0.25, -0.2) is 0 Å². The first-order chi connectivity index (χ1) is 14.2. The minimum Gasteiger partial charge on any atom is -0.489 e. The Bertz CT molecular complexity index is 1130. The summed E-state index contributed by atoms with van der Waals surface area (Å²) in [5, 5.41) is 1.04. The van der Waals surface area contributed by atoms with E-state index in [-0.39, 0.29) is 23.7 Å². The van der Waals surface area contributed by atoms with E-state index < -0.39 is 0 Å². The number of carbonyl (C=O) groups is 2. The highest BCUT2D eigenvalue weighted by Crippen LogP contribution is 2.47. The van der Waals surface area contributed by atoms with Crippen molar-refractivity contribution in [1.29, 1.82) is 0 Å². The van der Waals surface area contributed by atoms with Crippen molar-refractivity contribution in [3.63, 3.8) is 0 Å². The molecule has 5 nitrogen and oxygen atoms in total. The van der Waals surface area contributed by atoms with Crippen molar-refractivity contribution in [3.05, 3.63) is 65.4 Å². The van der Waals surface area contributed by atoms with Crippen LogP contribution in [0.15, 0.2) is 48.5 Å². The monoisotopic (exact) mass is 386 g/mol. The lowest BCUT2D eigenvalue weighted by Crippen LogP contribution is -2.58. The molecule has 4 heterocycles. The summed E-state index contributed by atoms with van der Waals surface area (Å²) >= 11 is 0. The molecule has 1 saturated carbocycles. The van der Waals surface area contributed by atoms with E-state index in [0.29, 0.717) is 25.4 Å². The molecule has 3 fully saturated rings. The number of rotatable bonds is 3. The first-order valence-electron chi connectivity index (χ1n) is 10.3. The third-order valence-electron chi connectivity index (χ3n) is 6.76. The van der Waals surface area contributed by atoms with Crippen LogP contribution < -0.4 is 4.74 Å². The standard InChI is InChI=1S/C24H22N2O3/c27-21-9-15-8-19-23-18(11-22(28)26(12-15)24(19)21)17-10-16(6-7-20(17)25-23)29-13-14-4-2-1-3-5-14/h1-7,10,15,19,24-25H,8-9,11-13H2. The number of ketones is 1. The van der Waals surface area contributed by atoms with E-state index in [1.807, 2.05) is 53.4 Å². The highest BCUT2D eigenvalue weighted by molar-refractivity contribution is 5.97. The maximum atomic E-state index is 13.0. The van der Waals surface area contributed by atoms with E-state index in [9.17, 15) is 9.59 Å². The second kappa shape index (κ2) is 6.21. The first-order valence-corrected chi connectivity index (χ1v) is 10.3. The van der Waals surface area contributed by atoms with Crippen molar-refractivity contribution in [1.82, 2.24) is 9.88 Å². The fourth-order valence-corrected chi connectivity index (χ4v) is 5.49. The van der Waals surface area contributed by atoms with Gasteiger partial charge in [0.15, 0.2) is 5.78 Å². The molecule has 1 aliphatic carbocycles. The van der Waals surface area contributed by atoms with Gasteiger partial charge in [0.1, 0.15) is 12.4 Å². The normalized spacial score (nSPS) is 25.2. The molecule has 4 bridgehead atoms. The van der Waals surface area contributed by atoms with Gasteiger partial charge >= 0.3 is 0 Å². The molecule has 29 heavy (non-hydrogen) atoms. The molecule has 2 saturated heterocycles. The van der Waals surface area contributed by atoms with E-state index >= 15 is 0 Å². The number of benzene rings is 2. The Morgan fingerprint density at radius 3 is 2.79 bits per heavy atom. The van der Waals surface area contributed by atoms with Gasteiger partial charge in [-0.05, 0) is 41.7 Å². The lowest BCUT2D eigenvalue weighted by atomic mass is 9.71. The topological polar surface area (TPSA) is 62.4 Å². The predicted octanol–water partition coefficient (Wildman–Crippen LogP) is 3.58. The van der Waals surface area contributed by atoms with Gasteiger partial charge in [0.2, 0.25) is 5.91 Å². The molecule has 3 atom stereocenters. The van der Waals surface area contributed by atoms with Gasteiger partial charge in [-0.1, -0.05) is 30.3 Å². The number of nitrogens with one attached hydrogen (secondary N) is 1. The number of nitrogens with zero attached hydrogens (tertiary/aromatic N) is 1. The SMILES string of the molecule is O=C1CC2CC3c4[nH]c5ccc(OCc6ccccc6)cc5c4CC(=O)N(C2)C13. The largest absolute Gasteiger partial charge is 0.489 e. The summed E-state index contributed by atoms with van der Waals surface area (Å²) in [4.78, 5) is 31.0. The number of ether oxygens (including phenoxy) is 1. The van der Waals surface area contributed by atoms with E-state index in [0.717, 1.165) is 46.4 Å². The van der Waals surface area contributed by atoms with E-state index in [1.54, 1.807) is 0 Å². The van der Waals surface area contributed by atoms with Crippen molar-refractivity contribution >= 4 is 22.6 Å². The zero-order valence-electron chi connectivity index (χ0n) is 16.1. The summed E-state index contributed by atoms with van der Waals surface area (Å²) in [5.41, 5.74) is 4.26. The molecule has 1 aromatic heterocycles. The third-order valence-corrected chi connectivity index (χ3v) is 6.76. The number of hydrogen-bond donors (Lipinski definition) is 1. The van der Waals surface area contributed by atoms with Crippen LogP contribution >= 0.6 is 0 Å². The van der Waals surface area contributed by atoms with Crippen molar-refractivity contribution in [2.75, 3.05) is 6.54 Å². The number of carbonyl (C=O) groups excluding carboxylic acids is 2. The molecule has 0 radical (unpaired) electrons.